The van der Waals surface area contributed by atoms with E-state index >= 15 is 0 Å². The molecule has 0 radical (unpaired) electrons. The first-order valence-electron chi connectivity index (χ1n) is 17.1. The lowest BCUT2D eigenvalue weighted by Crippen LogP contribution is -2.00. The predicted octanol–water partition coefficient (Wildman–Crippen LogP) is 12.4. The molecule has 0 saturated carbocycles. The summed E-state index contributed by atoms with van der Waals surface area (Å²) >= 11 is 0. The monoisotopic (exact) mass is 651 g/mol. The second kappa shape index (κ2) is 11.9. The maximum atomic E-state index is 6.47. The SMILES string of the molecule is c1ccc(-c2ccc(-c3nc(-c4ccc5c(ccc6ccccc65)c4)nc(-c4ccc5c(c4)oc4cccc(-c6ccccc6)c45)n3)cc2)cc1. The van der Waals surface area contributed by atoms with Crippen molar-refractivity contribution < 1.29 is 4.42 Å². The van der Waals surface area contributed by atoms with E-state index in [4.69, 9.17) is 19.4 Å². The van der Waals surface area contributed by atoms with Gasteiger partial charge in [-0.2, -0.15) is 0 Å². The Balaban J connectivity index is 1.13. The Kier molecular flexibility index (Phi) is 6.78. The molecule has 2 heterocycles. The van der Waals surface area contributed by atoms with Gasteiger partial charge in [0.25, 0.3) is 0 Å². The fourth-order valence-electron chi connectivity index (χ4n) is 7.18. The van der Waals surface area contributed by atoms with Crippen molar-refractivity contribution >= 4 is 43.5 Å². The molecular weight excluding hydrogens is 623 g/mol. The smallest absolute Gasteiger partial charge is 0.164 e. The normalized spacial score (nSPS) is 11.5. The molecule has 0 N–H and O–H groups in total. The van der Waals surface area contributed by atoms with Crippen molar-refractivity contribution in [2.75, 3.05) is 0 Å². The van der Waals surface area contributed by atoms with Gasteiger partial charge in [0.2, 0.25) is 0 Å². The Bertz CT molecular complexity index is 2900. The lowest BCUT2D eigenvalue weighted by atomic mass is 9.99. The third kappa shape index (κ3) is 5.13. The zero-order valence-corrected chi connectivity index (χ0v) is 27.5. The van der Waals surface area contributed by atoms with Crippen LogP contribution in [-0.4, -0.2) is 15.0 Å². The van der Waals surface area contributed by atoms with Crippen LogP contribution in [0.5, 0.6) is 0 Å². The van der Waals surface area contributed by atoms with Gasteiger partial charge in [0.15, 0.2) is 17.5 Å². The molecule has 0 aliphatic carbocycles. The van der Waals surface area contributed by atoms with Crippen molar-refractivity contribution in [3.05, 3.63) is 176 Å². The van der Waals surface area contributed by atoms with Crippen LogP contribution in [0.15, 0.2) is 180 Å². The van der Waals surface area contributed by atoms with Gasteiger partial charge < -0.3 is 4.42 Å². The topological polar surface area (TPSA) is 51.8 Å². The number of hydrogen-bond acceptors (Lipinski definition) is 4. The average molecular weight is 652 g/mol. The molecule has 0 spiro atoms. The first-order valence-corrected chi connectivity index (χ1v) is 17.1. The summed E-state index contributed by atoms with van der Waals surface area (Å²) < 4.78 is 6.47. The summed E-state index contributed by atoms with van der Waals surface area (Å²) in [5, 5.41) is 6.95. The Morgan fingerprint density at radius 3 is 1.63 bits per heavy atom. The summed E-state index contributed by atoms with van der Waals surface area (Å²) in [6.45, 7) is 0. The van der Waals surface area contributed by atoms with Crippen molar-refractivity contribution in [3.63, 3.8) is 0 Å². The number of aromatic nitrogens is 3. The van der Waals surface area contributed by atoms with Crippen molar-refractivity contribution in [2.24, 2.45) is 0 Å². The number of fused-ring (bicyclic) bond motifs is 6. The van der Waals surface area contributed by atoms with Crippen molar-refractivity contribution in [3.8, 4) is 56.4 Å². The number of nitrogens with zero attached hydrogens (tertiary/aromatic N) is 3. The number of benzene rings is 8. The molecule has 2 aromatic heterocycles. The van der Waals surface area contributed by atoms with E-state index in [0.717, 1.165) is 60.7 Å². The minimum atomic E-state index is 0.589. The van der Waals surface area contributed by atoms with E-state index in [1.165, 1.54) is 21.7 Å². The molecule has 8 aromatic carbocycles. The van der Waals surface area contributed by atoms with Gasteiger partial charge in [0.1, 0.15) is 11.2 Å². The van der Waals surface area contributed by atoms with Crippen LogP contribution in [-0.2, 0) is 0 Å². The molecular formula is C47H29N3O. The Morgan fingerprint density at radius 2 is 0.863 bits per heavy atom. The number of furan rings is 1. The van der Waals surface area contributed by atoms with Gasteiger partial charge in [-0.15, -0.1) is 0 Å². The molecule has 10 aromatic rings. The summed E-state index contributed by atoms with van der Waals surface area (Å²) in [5.41, 5.74) is 8.96. The van der Waals surface area contributed by atoms with E-state index in [1.54, 1.807) is 0 Å². The lowest BCUT2D eigenvalue weighted by molar-refractivity contribution is 0.669. The summed E-state index contributed by atoms with van der Waals surface area (Å²) in [6.07, 6.45) is 0. The van der Waals surface area contributed by atoms with Gasteiger partial charge in [0, 0.05) is 27.5 Å². The number of rotatable bonds is 5. The van der Waals surface area contributed by atoms with Crippen LogP contribution in [0, 0.1) is 0 Å². The minimum Gasteiger partial charge on any atom is -0.456 e. The summed E-state index contributed by atoms with van der Waals surface area (Å²) in [5.74, 6) is 1.82. The molecule has 51 heavy (non-hydrogen) atoms. The van der Waals surface area contributed by atoms with Crippen LogP contribution in [0.2, 0.25) is 0 Å². The van der Waals surface area contributed by atoms with Crippen molar-refractivity contribution in [1.29, 1.82) is 0 Å². The quantitative estimate of drug-likeness (QED) is 0.174. The molecule has 0 unspecified atom stereocenters. The fourth-order valence-corrected chi connectivity index (χ4v) is 7.18. The van der Waals surface area contributed by atoms with Gasteiger partial charge in [0.05, 0.1) is 0 Å². The molecule has 0 atom stereocenters. The standard InChI is InChI=1S/C47H29N3O/c1-3-10-30(11-4-1)31-18-21-34(22-19-31)45-48-46(36-24-26-39-35(28-36)23-20-33-14-7-8-15-38(33)39)50-47(49-45)37-25-27-41-43(29-37)51-42-17-9-16-40(44(41)42)32-12-5-2-6-13-32/h1-29H. The average Bonchev–Trinajstić information content (AvgIpc) is 3.59. The molecule has 4 nitrogen and oxygen atoms in total. The largest absolute Gasteiger partial charge is 0.456 e. The molecule has 0 amide bonds. The van der Waals surface area contributed by atoms with Gasteiger partial charge in [-0.25, -0.2) is 15.0 Å². The second-order valence-corrected chi connectivity index (χ2v) is 12.8. The van der Waals surface area contributed by atoms with Crippen LogP contribution in [0.1, 0.15) is 0 Å². The van der Waals surface area contributed by atoms with E-state index in [-0.39, 0.29) is 0 Å². The van der Waals surface area contributed by atoms with E-state index < -0.39 is 0 Å². The first-order chi connectivity index (χ1) is 25.2. The Hall–Kier alpha value is -6.91. The second-order valence-electron chi connectivity index (χ2n) is 12.8. The molecule has 0 aliphatic rings. The first kappa shape index (κ1) is 29.0. The van der Waals surface area contributed by atoms with Crippen LogP contribution in [0.25, 0.3) is 99.9 Å². The molecule has 238 valence electrons. The Labute approximate surface area is 294 Å². The molecule has 4 heteroatoms. The third-order valence-electron chi connectivity index (χ3n) is 9.73. The van der Waals surface area contributed by atoms with Crippen molar-refractivity contribution in [1.82, 2.24) is 15.0 Å². The van der Waals surface area contributed by atoms with E-state index in [2.05, 4.69) is 152 Å². The summed E-state index contributed by atoms with van der Waals surface area (Å²) in [4.78, 5) is 15.2. The summed E-state index contributed by atoms with van der Waals surface area (Å²) in [7, 11) is 0. The van der Waals surface area contributed by atoms with Crippen molar-refractivity contribution in [2.45, 2.75) is 0 Å². The van der Waals surface area contributed by atoms with Crippen LogP contribution < -0.4 is 0 Å². The lowest BCUT2D eigenvalue weighted by Gasteiger charge is -2.10. The summed E-state index contributed by atoms with van der Waals surface area (Å²) in [6, 6.07) is 61.1. The van der Waals surface area contributed by atoms with Crippen LogP contribution in [0.4, 0.5) is 0 Å². The fraction of sp³-hybridized carbons (Fsp3) is 0. The predicted molar refractivity (Wildman–Crippen MR) is 209 cm³/mol. The highest BCUT2D eigenvalue weighted by Gasteiger charge is 2.17. The minimum absolute atomic E-state index is 0.589. The maximum absolute atomic E-state index is 6.47. The maximum Gasteiger partial charge on any atom is 0.164 e. The molecule has 0 fully saturated rings. The highest BCUT2D eigenvalue weighted by atomic mass is 16.3. The molecule has 10 rings (SSSR count). The third-order valence-corrected chi connectivity index (χ3v) is 9.73. The van der Waals surface area contributed by atoms with Gasteiger partial charge >= 0.3 is 0 Å². The molecule has 0 saturated heterocycles. The highest BCUT2D eigenvalue weighted by molar-refractivity contribution is 6.13. The zero-order chi connectivity index (χ0) is 33.7. The van der Waals surface area contributed by atoms with Gasteiger partial charge in [-0.05, 0) is 68.1 Å². The molecule has 0 aliphatic heterocycles. The van der Waals surface area contributed by atoms with Gasteiger partial charge in [-0.1, -0.05) is 152 Å². The van der Waals surface area contributed by atoms with E-state index in [1.807, 2.05) is 24.3 Å². The highest BCUT2D eigenvalue weighted by Crippen LogP contribution is 2.38. The van der Waals surface area contributed by atoms with Gasteiger partial charge in [-0.3, -0.25) is 0 Å². The van der Waals surface area contributed by atoms with E-state index in [0.29, 0.717) is 17.5 Å². The zero-order valence-electron chi connectivity index (χ0n) is 27.5. The van der Waals surface area contributed by atoms with Crippen LogP contribution in [0.3, 0.4) is 0 Å². The number of hydrogen-bond donors (Lipinski definition) is 0. The molecule has 0 bridgehead atoms. The van der Waals surface area contributed by atoms with E-state index in [9.17, 15) is 0 Å². The van der Waals surface area contributed by atoms with Crippen LogP contribution >= 0.6 is 0 Å². The Morgan fingerprint density at radius 1 is 0.314 bits per heavy atom.